The Bertz CT molecular complexity index is 627. The fourth-order valence-electron chi connectivity index (χ4n) is 3.53. The van der Waals surface area contributed by atoms with Crippen LogP contribution in [0.25, 0.3) is 0 Å². The van der Waals surface area contributed by atoms with E-state index in [0.29, 0.717) is 30.3 Å². The second kappa shape index (κ2) is 6.82. The van der Waals surface area contributed by atoms with E-state index in [1.165, 1.54) is 19.3 Å². The lowest BCUT2D eigenvalue weighted by Crippen LogP contribution is -2.38. The lowest BCUT2D eigenvalue weighted by molar-refractivity contribution is -0.130. The summed E-state index contributed by atoms with van der Waals surface area (Å²) in [5, 5.41) is 11.6. The number of benzene rings is 1. The largest absolute Gasteiger partial charge is 0.339 e. The monoisotopic (exact) mass is 311 g/mol. The maximum Gasteiger partial charge on any atom is 0.229 e. The number of carbonyl (C=O) groups excluding carboxylic acids is 2. The Labute approximate surface area is 136 Å². The molecule has 1 saturated heterocycles. The van der Waals surface area contributed by atoms with Crippen LogP contribution < -0.4 is 5.32 Å². The molecule has 1 heterocycles. The Morgan fingerprint density at radius 3 is 2.52 bits per heavy atom. The standard InChI is InChI=1S/C18H21N3O2/c19-11-13-6-8-15(9-7-13)20-18(23)14-10-17(22)21(12-14)16-4-2-1-3-5-16/h6-9,14,16H,1-5,10,12H2,(H,20,23)/t14-/m0/s1. The van der Waals surface area contributed by atoms with Gasteiger partial charge < -0.3 is 10.2 Å². The summed E-state index contributed by atoms with van der Waals surface area (Å²) in [5.74, 6) is -0.279. The van der Waals surface area contributed by atoms with Gasteiger partial charge in [0, 0.05) is 24.7 Å². The molecule has 2 aliphatic rings. The van der Waals surface area contributed by atoms with Gasteiger partial charge in [0.1, 0.15) is 0 Å². The summed E-state index contributed by atoms with van der Waals surface area (Å²) in [6.45, 7) is 0.533. The normalized spacial score (nSPS) is 22.0. The molecule has 1 aromatic carbocycles. The topological polar surface area (TPSA) is 73.2 Å². The van der Waals surface area contributed by atoms with Crippen molar-refractivity contribution in [1.82, 2.24) is 4.90 Å². The molecule has 0 spiro atoms. The van der Waals surface area contributed by atoms with Crippen LogP contribution in [0.3, 0.4) is 0 Å². The molecule has 1 atom stereocenters. The summed E-state index contributed by atoms with van der Waals surface area (Å²) in [7, 11) is 0. The van der Waals surface area contributed by atoms with Gasteiger partial charge in [0.05, 0.1) is 17.6 Å². The average Bonchev–Trinajstić information content (AvgIpc) is 2.98. The third-order valence-electron chi connectivity index (χ3n) is 4.83. The Morgan fingerprint density at radius 1 is 1.17 bits per heavy atom. The summed E-state index contributed by atoms with van der Waals surface area (Å²) in [6.07, 6.45) is 6.04. The van der Waals surface area contributed by atoms with Gasteiger partial charge in [-0.3, -0.25) is 9.59 Å². The first kappa shape index (κ1) is 15.5. The number of nitrogens with zero attached hydrogens (tertiary/aromatic N) is 2. The van der Waals surface area contributed by atoms with E-state index in [4.69, 9.17) is 5.26 Å². The van der Waals surface area contributed by atoms with Crippen LogP contribution in [0.15, 0.2) is 24.3 Å². The Hall–Kier alpha value is -2.35. The number of hydrogen-bond acceptors (Lipinski definition) is 3. The number of carbonyl (C=O) groups is 2. The van der Waals surface area contributed by atoms with Crippen LogP contribution in [0.5, 0.6) is 0 Å². The zero-order chi connectivity index (χ0) is 16.2. The molecule has 0 unspecified atom stereocenters. The molecule has 1 aliphatic carbocycles. The summed E-state index contributed by atoms with van der Waals surface area (Å²) in [5.41, 5.74) is 1.22. The van der Waals surface area contributed by atoms with Gasteiger partial charge in [0.2, 0.25) is 11.8 Å². The van der Waals surface area contributed by atoms with E-state index in [2.05, 4.69) is 5.32 Å². The lowest BCUT2D eigenvalue weighted by atomic mass is 9.94. The predicted molar refractivity (Wildman–Crippen MR) is 86.5 cm³/mol. The van der Waals surface area contributed by atoms with Crippen molar-refractivity contribution in [2.75, 3.05) is 11.9 Å². The molecule has 1 aromatic rings. The van der Waals surface area contributed by atoms with Gasteiger partial charge in [-0.1, -0.05) is 19.3 Å². The smallest absolute Gasteiger partial charge is 0.229 e. The quantitative estimate of drug-likeness (QED) is 0.932. The van der Waals surface area contributed by atoms with Crippen molar-refractivity contribution in [3.05, 3.63) is 29.8 Å². The molecule has 1 saturated carbocycles. The molecular weight excluding hydrogens is 290 g/mol. The van der Waals surface area contributed by atoms with Gasteiger partial charge in [-0.2, -0.15) is 5.26 Å². The van der Waals surface area contributed by atoms with E-state index < -0.39 is 0 Å². The number of nitrogens with one attached hydrogen (secondary N) is 1. The van der Waals surface area contributed by atoms with Crippen molar-refractivity contribution in [2.24, 2.45) is 5.92 Å². The summed E-state index contributed by atoms with van der Waals surface area (Å²) >= 11 is 0. The first-order chi connectivity index (χ1) is 11.2. The van der Waals surface area contributed by atoms with E-state index in [9.17, 15) is 9.59 Å². The molecule has 0 bridgehead atoms. The Kier molecular flexibility index (Phi) is 4.61. The number of anilines is 1. The molecule has 2 fully saturated rings. The minimum atomic E-state index is -0.278. The highest BCUT2D eigenvalue weighted by atomic mass is 16.2. The summed E-state index contributed by atoms with van der Waals surface area (Å²) < 4.78 is 0. The fourth-order valence-corrected chi connectivity index (χ4v) is 3.53. The van der Waals surface area contributed by atoms with Gasteiger partial charge >= 0.3 is 0 Å². The van der Waals surface area contributed by atoms with E-state index in [-0.39, 0.29) is 17.7 Å². The molecule has 5 heteroatoms. The number of hydrogen-bond donors (Lipinski definition) is 1. The van der Waals surface area contributed by atoms with Crippen LogP contribution >= 0.6 is 0 Å². The fraction of sp³-hybridized carbons (Fsp3) is 0.500. The highest BCUT2D eigenvalue weighted by molar-refractivity contribution is 5.97. The van der Waals surface area contributed by atoms with Gasteiger partial charge in [0.15, 0.2) is 0 Å². The lowest BCUT2D eigenvalue weighted by Gasteiger charge is -2.31. The number of rotatable bonds is 3. The predicted octanol–water partition coefficient (Wildman–Crippen LogP) is 2.68. The van der Waals surface area contributed by atoms with Gasteiger partial charge in [0.25, 0.3) is 0 Å². The zero-order valence-corrected chi connectivity index (χ0v) is 13.1. The molecule has 0 aromatic heterocycles. The molecule has 1 N–H and O–H groups in total. The zero-order valence-electron chi connectivity index (χ0n) is 13.1. The molecule has 5 nitrogen and oxygen atoms in total. The van der Waals surface area contributed by atoms with Gasteiger partial charge in [-0.15, -0.1) is 0 Å². The Balaban J connectivity index is 1.59. The van der Waals surface area contributed by atoms with Crippen LogP contribution in [-0.4, -0.2) is 29.3 Å². The molecule has 23 heavy (non-hydrogen) atoms. The molecule has 120 valence electrons. The van der Waals surface area contributed by atoms with Crippen LogP contribution in [0.1, 0.15) is 44.1 Å². The summed E-state index contributed by atoms with van der Waals surface area (Å²) in [4.78, 5) is 26.5. The van der Waals surface area contributed by atoms with Crippen molar-refractivity contribution in [3.63, 3.8) is 0 Å². The van der Waals surface area contributed by atoms with Crippen molar-refractivity contribution in [2.45, 2.75) is 44.6 Å². The SMILES string of the molecule is N#Cc1ccc(NC(=O)[C@H]2CC(=O)N(C3CCCCC3)C2)cc1. The van der Waals surface area contributed by atoms with E-state index in [1.54, 1.807) is 24.3 Å². The average molecular weight is 311 g/mol. The third kappa shape index (κ3) is 3.53. The molecule has 2 amide bonds. The highest BCUT2D eigenvalue weighted by Crippen LogP contribution is 2.29. The van der Waals surface area contributed by atoms with Gasteiger partial charge in [-0.05, 0) is 37.1 Å². The number of nitriles is 1. The van der Waals surface area contributed by atoms with Crippen molar-refractivity contribution in [3.8, 4) is 6.07 Å². The highest BCUT2D eigenvalue weighted by Gasteiger charge is 2.38. The first-order valence-electron chi connectivity index (χ1n) is 8.28. The van der Waals surface area contributed by atoms with Crippen molar-refractivity contribution < 1.29 is 9.59 Å². The van der Waals surface area contributed by atoms with Crippen LogP contribution in [0.4, 0.5) is 5.69 Å². The molecular formula is C18H21N3O2. The van der Waals surface area contributed by atoms with Gasteiger partial charge in [-0.25, -0.2) is 0 Å². The molecule has 3 rings (SSSR count). The van der Waals surface area contributed by atoms with Crippen molar-refractivity contribution >= 4 is 17.5 Å². The van der Waals surface area contributed by atoms with E-state index >= 15 is 0 Å². The van der Waals surface area contributed by atoms with Crippen molar-refractivity contribution in [1.29, 1.82) is 5.26 Å². The second-order valence-electron chi connectivity index (χ2n) is 6.42. The minimum absolute atomic E-state index is 0.108. The van der Waals surface area contributed by atoms with Crippen LogP contribution in [0.2, 0.25) is 0 Å². The van der Waals surface area contributed by atoms with Crippen LogP contribution in [-0.2, 0) is 9.59 Å². The molecule has 0 radical (unpaired) electrons. The number of amides is 2. The first-order valence-corrected chi connectivity index (χ1v) is 8.28. The minimum Gasteiger partial charge on any atom is -0.339 e. The molecule has 1 aliphatic heterocycles. The maximum absolute atomic E-state index is 12.4. The van der Waals surface area contributed by atoms with Crippen LogP contribution in [0, 0.1) is 17.2 Å². The summed E-state index contributed by atoms with van der Waals surface area (Å²) in [6, 6.07) is 9.14. The Morgan fingerprint density at radius 2 is 1.87 bits per heavy atom. The third-order valence-corrected chi connectivity index (χ3v) is 4.83. The maximum atomic E-state index is 12.4. The second-order valence-corrected chi connectivity index (χ2v) is 6.42. The van der Waals surface area contributed by atoms with E-state index in [0.717, 1.165) is 12.8 Å². The number of likely N-dealkylation sites (tertiary alicyclic amines) is 1. The van der Waals surface area contributed by atoms with E-state index in [1.807, 2.05) is 11.0 Å².